The van der Waals surface area contributed by atoms with Gasteiger partial charge in [-0.15, -0.1) is 0 Å². The highest BCUT2D eigenvalue weighted by Crippen LogP contribution is 2.34. The Hall–Kier alpha value is -2.53. The first kappa shape index (κ1) is 17.9. The van der Waals surface area contributed by atoms with Crippen LogP contribution in [0.1, 0.15) is 33.3 Å². The molecule has 2 heterocycles. The van der Waals surface area contributed by atoms with Crippen molar-refractivity contribution < 1.29 is 4.79 Å². The molecular weight excluding hydrogens is 354 g/mol. The average Bonchev–Trinajstić information content (AvgIpc) is 2.94. The number of thioether (sulfide) groups is 1. The summed E-state index contributed by atoms with van der Waals surface area (Å²) in [4.78, 5) is 15.1. The van der Waals surface area contributed by atoms with Gasteiger partial charge in [-0.25, -0.2) is 4.68 Å². The highest BCUT2D eigenvalue weighted by atomic mass is 32.2. The van der Waals surface area contributed by atoms with E-state index in [1.165, 1.54) is 5.56 Å². The van der Waals surface area contributed by atoms with Gasteiger partial charge in [0.15, 0.2) is 0 Å². The molecule has 4 nitrogen and oxygen atoms in total. The number of rotatable bonds is 3. The molecule has 3 aromatic rings. The number of hydrogen-bond donors (Lipinski definition) is 0. The minimum absolute atomic E-state index is 0.0870. The number of hydrogen-bond acceptors (Lipinski definition) is 3. The van der Waals surface area contributed by atoms with Crippen LogP contribution in [0, 0.1) is 6.92 Å². The number of amides is 1. The molecule has 0 radical (unpaired) electrons. The molecule has 0 N–H and O–H groups in total. The van der Waals surface area contributed by atoms with Crippen LogP contribution in [0.3, 0.4) is 0 Å². The standard InChI is InChI=1S/C22H23N3OS/c1-17-20(16-23-25(17)19-10-6-3-7-11-19)22(26)24-13-12-21(27-15-14-24)18-8-4-2-5-9-18/h2-11,16,21H,12-15H2,1H3/t21-/m0/s1. The topological polar surface area (TPSA) is 38.1 Å². The zero-order chi connectivity index (χ0) is 18.6. The van der Waals surface area contributed by atoms with E-state index in [-0.39, 0.29) is 5.91 Å². The van der Waals surface area contributed by atoms with Crippen LogP contribution < -0.4 is 0 Å². The maximum Gasteiger partial charge on any atom is 0.257 e. The lowest BCUT2D eigenvalue weighted by molar-refractivity contribution is 0.0766. The van der Waals surface area contributed by atoms with Crippen LogP contribution in [0.25, 0.3) is 5.69 Å². The molecule has 1 amide bonds. The van der Waals surface area contributed by atoms with Crippen molar-refractivity contribution in [3.63, 3.8) is 0 Å². The van der Waals surface area contributed by atoms with E-state index in [4.69, 9.17) is 0 Å². The van der Waals surface area contributed by atoms with E-state index in [0.717, 1.165) is 36.6 Å². The number of carbonyl (C=O) groups is 1. The Morgan fingerprint density at radius 1 is 1.04 bits per heavy atom. The lowest BCUT2D eigenvalue weighted by Crippen LogP contribution is -2.33. The Morgan fingerprint density at radius 2 is 1.74 bits per heavy atom. The molecule has 0 aliphatic carbocycles. The Labute approximate surface area is 164 Å². The largest absolute Gasteiger partial charge is 0.338 e. The van der Waals surface area contributed by atoms with E-state index in [1.807, 2.05) is 64.7 Å². The SMILES string of the molecule is Cc1c(C(=O)N2CCS[C@H](c3ccccc3)CC2)cnn1-c1ccccc1. The molecule has 138 valence electrons. The number of para-hydroxylation sites is 1. The Kier molecular flexibility index (Phi) is 5.30. The lowest BCUT2D eigenvalue weighted by atomic mass is 10.1. The summed E-state index contributed by atoms with van der Waals surface area (Å²) in [5.41, 5.74) is 3.92. The monoisotopic (exact) mass is 377 g/mol. The summed E-state index contributed by atoms with van der Waals surface area (Å²) >= 11 is 1.95. The Balaban J connectivity index is 1.50. The molecule has 0 spiro atoms. The number of aromatic nitrogens is 2. The van der Waals surface area contributed by atoms with Crippen LogP contribution in [-0.4, -0.2) is 39.4 Å². The lowest BCUT2D eigenvalue weighted by Gasteiger charge is -2.20. The van der Waals surface area contributed by atoms with Crippen molar-refractivity contribution in [3.05, 3.63) is 83.7 Å². The van der Waals surface area contributed by atoms with E-state index in [0.29, 0.717) is 10.8 Å². The highest BCUT2D eigenvalue weighted by molar-refractivity contribution is 7.99. The van der Waals surface area contributed by atoms with E-state index >= 15 is 0 Å². The van der Waals surface area contributed by atoms with Gasteiger partial charge in [-0.1, -0.05) is 48.5 Å². The fraction of sp³-hybridized carbons (Fsp3) is 0.273. The minimum atomic E-state index is 0.0870. The normalized spacial score (nSPS) is 17.5. The minimum Gasteiger partial charge on any atom is -0.338 e. The van der Waals surface area contributed by atoms with Crippen LogP contribution in [0.4, 0.5) is 0 Å². The summed E-state index contributed by atoms with van der Waals surface area (Å²) in [6.45, 7) is 3.52. The summed E-state index contributed by atoms with van der Waals surface area (Å²) in [6, 6.07) is 20.5. The van der Waals surface area contributed by atoms with Gasteiger partial charge in [0, 0.05) is 24.1 Å². The molecule has 1 atom stereocenters. The van der Waals surface area contributed by atoms with Crippen LogP contribution in [0.15, 0.2) is 66.9 Å². The van der Waals surface area contributed by atoms with Gasteiger partial charge in [-0.3, -0.25) is 4.79 Å². The van der Waals surface area contributed by atoms with Crippen molar-refractivity contribution in [2.45, 2.75) is 18.6 Å². The summed E-state index contributed by atoms with van der Waals surface area (Å²) in [5, 5.41) is 4.91. The molecule has 1 aliphatic rings. The van der Waals surface area contributed by atoms with Gasteiger partial charge in [0.25, 0.3) is 5.91 Å². The summed E-state index contributed by atoms with van der Waals surface area (Å²) in [5.74, 6) is 1.04. The maximum absolute atomic E-state index is 13.1. The molecule has 1 aromatic heterocycles. The quantitative estimate of drug-likeness (QED) is 0.674. The van der Waals surface area contributed by atoms with Crippen LogP contribution in [0.2, 0.25) is 0 Å². The van der Waals surface area contributed by atoms with Crippen molar-refractivity contribution in [3.8, 4) is 5.69 Å². The van der Waals surface area contributed by atoms with Crippen molar-refractivity contribution in [1.29, 1.82) is 0 Å². The van der Waals surface area contributed by atoms with Crippen LogP contribution >= 0.6 is 11.8 Å². The van der Waals surface area contributed by atoms with Crippen LogP contribution in [-0.2, 0) is 0 Å². The molecule has 1 saturated heterocycles. The third-order valence-corrected chi connectivity index (χ3v) is 6.37. The van der Waals surface area contributed by atoms with Crippen molar-refractivity contribution in [2.75, 3.05) is 18.8 Å². The fourth-order valence-corrected chi connectivity index (χ4v) is 4.76. The summed E-state index contributed by atoms with van der Waals surface area (Å²) in [6.07, 6.45) is 2.68. The summed E-state index contributed by atoms with van der Waals surface area (Å²) < 4.78 is 1.84. The third-order valence-electron chi connectivity index (χ3n) is 5.04. The first-order valence-electron chi connectivity index (χ1n) is 9.30. The highest BCUT2D eigenvalue weighted by Gasteiger charge is 2.25. The second kappa shape index (κ2) is 8.01. The number of carbonyl (C=O) groups excluding carboxylic acids is 1. The molecule has 2 aromatic carbocycles. The van der Waals surface area contributed by atoms with E-state index in [1.54, 1.807) is 6.20 Å². The van der Waals surface area contributed by atoms with Crippen molar-refractivity contribution in [2.24, 2.45) is 0 Å². The molecule has 4 rings (SSSR count). The first-order chi connectivity index (χ1) is 13.2. The molecule has 27 heavy (non-hydrogen) atoms. The van der Waals surface area contributed by atoms with Gasteiger partial charge >= 0.3 is 0 Å². The second-order valence-electron chi connectivity index (χ2n) is 6.74. The van der Waals surface area contributed by atoms with E-state index in [9.17, 15) is 4.79 Å². The number of benzene rings is 2. The molecule has 0 unspecified atom stereocenters. The fourth-order valence-electron chi connectivity index (χ4n) is 3.53. The summed E-state index contributed by atoms with van der Waals surface area (Å²) in [7, 11) is 0. The molecule has 0 saturated carbocycles. The number of nitrogens with zero attached hydrogens (tertiary/aromatic N) is 3. The zero-order valence-corrected chi connectivity index (χ0v) is 16.2. The second-order valence-corrected chi connectivity index (χ2v) is 8.05. The van der Waals surface area contributed by atoms with E-state index < -0.39 is 0 Å². The van der Waals surface area contributed by atoms with Gasteiger partial charge in [0.05, 0.1) is 23.1 Å². The zero-order valence-electron chi connectivity index (χ0n) is 15.4. The molecule has 5 heteroatoms. The van der Waals surface area contributed by atoms with Gasteiger partial charge in [0.2, 0.25) is 0 Å². The van der Waals surface area contributed by atoms with E-state index in [2.05, 4.69) is 29.4 Å². The molecule has 0 bridgehead atoms. The predicted octanol–water partition coefficient (Wildman–Crippen LogP) is 4.50. The van der Waals surface area contributed by atoms with Crippen LogP contribution in [0.5, 0.6) is 0 Å². The van der Waals surface area contributed by atoms with Gasteiger partial charge in [-0.2, -0.15) is 16.9 Å². The molecule has 1 aliphatic heterocycles. The predicted molar refractivity (Wildman–Crippen MR) is 110 cm³/mol. The third kappa shape index (κ3) is 3.78. The average molecular weight is 378 g/mol. The maximum atomic E-state index is 13.1. The molecule has 1 fully saturated rings. The smallest absolute Gasteiger partial charge is 0.257 e. The molecular formula is C22H23N3OS. The first-order valence-corrected chi connectivity index (χ1v) is 10.3. The van der Waals surface area contributed by atoms with Gasteiger partial charge in [-0.05, 0) is 31.0 Å². The van der Waals surface area contributed by atoms with Gasteiger partial charge in [0.1, 0.15) is 0 Å². The van der Waals surface area contributed by atoms with Crippen molar-refractivity contribution in [1.82, 2.24) is 14.7 Å². The Morgan fingerprint density at radius 3 is 2.48 bits per heavy atom. The Bertz CT molecular complexity index is 908. The van der Waals surface area contributed by atoms with Crippen molar-refractivity contribution >= 4 is 17.7 Å². The van der Waals surface area contributed by atoms with Gasteiger partial charge < -0.3 is 4.90 Å².